The van der Waals surface area contributed by atoms with E-state index in [1.165, 1.54) is 0 Å². The van der Waals surface area contributed by atoms with Crippen LogP contribution >= 0.6 is 0 Å². The Hall–Kier alpha value is -3.62. The summed E-state index contributed by atoms with van der Waals surface area (Å²) in [7, 11) is 0. The van der Waals surface area contributed by atoms with Gasteiger partial charge in [0, 0.05) is 36.3 Å². The van der Waals surface area contributed by atoms with Crippen molar-refractivity contribution in [3.8, 4) is 0 Å². The second kappa shape index (κ2) is 11.0. The third kappa shape index (κ3) is 5.78. The Kier molecular flexibility index (Phi) is 7.76. The Labute approximate surface area is 208 Å². The Morgan fingerprint density at radius 3 is 2.47 bits per heavy atom. The lowest BCUT2D eigenvalue weighted by Crippen LogP contribution is -2.33. The number of carbonyl (C=O) groups is 3. The molecule has 36 heavy (non-hydrogen) atoms. The molecular formula is C27H32N2O7. The van der Waals surface area contributed by atoms with Gasteiger partial charge in [-0.3, -0.25) is 14.4 Å². The summed E-state index contributed by atoms with van der Waals surface area (Å²) in [5, 5.41) is 16.5. The molecule has 9 nitrogen and oxygen atoms in total. The van der Waals surface area contributed by atoms with E-state index >= 15 is 0 Å². The van der Waals surface area contributed by atoms with E-state index < -0.39 is 11.6 Å². The van der Waals surface area contributed by atoms with Crippen LogP contribution in [0.15, 0.2) is 32.0 Å². The highest BCUT2D eigenvalue weighted by atomic mass is 16.4. The molecule has 0 saturated heterocycles. The Balaban J connectivity index is 1.23. The molecule has 192 valence electrons. The predicted molar refractivity (Wildman–Crippen MR) is 134 cm³/mol. The molecule has 0 radical (unpaired) electrons. The minimum absolute atomic E-state index is 0.0866. The van der Waals surface area contributed by atoms with Crippen LogP contribution in [0.2, 0.25) is 0 Å². The molecule has 4 rings (SSSR count). The van der Waals surface area contributed by atoms with Crippen molar-refractivity contribution in [1.82, 2.24) is 10.6 Å². The highest BCUT2D eigenvalue weighted by Crippen LogP contribution is 2.29. The van der Waals surface area contributed by atoms with Crippen molar-refractivity contribution in [1.29, 1.82) is 0 Å². The predicted octanol–water partition coefficient (Wildman–Crippen LogP) is 3.60. The molecule has 3 aromatic rings. The van der Waals surface area contributed by atoms with Gasteiger partial charge >= 0.3 is 11.6 Å². The third-order valence-electron chi connectivity index (χ3n) is 7.20. The summed E-state index contributed by atoms with van der Waals surface area (Å²) in [6.07, 6.45) is 5.24. The summed E-state index contributed by atoms with van der Waals surface area (Å²) < 4.78 is 11.0. The zero-order valence-corrected chi connectivity index (χ0v) is 20.6. The number of carboxylic acids is 1. The molecule has 0 bridgehead atoms. The molecule has 0 atom stereocenters. The van der Waals surface area contributed by atoms with Gasteiger partial charge in [0.2, 0.25) is 11.8 Å². The molecule has 1 aliphatic rings. The number of hydrogen-bond acceptors (Lipinski definition) is 6. The van der Waals surface area contributed by atoms with Crippen LogP contribution in [-0.2, 0) is 20.8 Å². The summed E-state index contributed by atoms with van der Waals surface area (Å²) in [6, 6.07) is 3.61. The zero-order chi connectivity index (χ0) is 25.8. The number of amides is 2. The first-order chi connectivity index (χ1) is 17.2. The SMILES string of the molecule is Cc1coc2cc3oc(=O)c(CC(=O)NCCCC(=O)NCC4CCC(C(=O)O)CC4)c(C)c3cc12. The Morgan fingerprint density at radius 2 is 1.75 bits per heavy atom. The molecule has 3 N–H and O–H groups in total. The van der Waals surface area contributed by atoms with Gasteiger partial charge < -0.3 is 24.6 Å². The quantitative estimate of drug-likeness (QED) is 0.304. The Bertz CT molecular complexity index is 1350. The Morgan fingerprint density at radius 1 is 1.00 bits per heavy atom. The first kappa shape index (κ1) is 25.5. The van der Waals surface area contributed by atoms with Crippen molar-refractivity contribution >= 4 is 39.7 Å². The maximum Gasteiger partial charge on any atom is 0.340 e. The van der Waals surface area contributed by atoms with Crippen molar-refractivity contribution in [3.63, 3.8) is 0 Å². The first-order valence-electron chi connectivity index (χ1n) is 12.4. The van der Waals surface area contributed by atoms with Crippen LogP contribution in [0.1, 0.15) is 55.2 Å². The number of fused-ring (bicyclic) bond motifs is 2. The third-order valence-corrected chi connectivity index (χ3v) is 7.20. The van der Waals surface area contributed by atoms with E-state index in [2.05, 4.69) is 10.6 Å². The van der Waals surface area contributed by atoms with Crippen LogP contribution in [0.5, 0.6) is 0 Å². The van der Waals surface area contributed by atoms with E-state index in [-0.39, 0.29) is 30.6 Å². The van der Waals surface area contributed by atoms with Gasteiger partial charge in [-0.2, -0.15) is 0 Å². The fraction of sp³-hybridized carbons (Fsp3) is 0.481. The van der Waals surface area contributed by atoms with Crippen LogP contribution in [0, 0.1) is 25.7 Å². The fourth-order valence-corrected chi connectivity index (χ4v) is 4.90. The normalized spacial score (nSPS) is 17.8. The number of aryl methyl sites for hydroxylation is 2. The van der Waals surface area contributed by atoms with Crippen LogP contribution in [0.3, 0.4) is 0 Å². The van der Waals surface area contributed by atoms with E-state index in [0.717, 1.165) is 29.2 Å². The summed E-state index contributed by atoms with van der Waals surface area (Å²) >= 11 is 0. The number of benzene rings is 1. The van der Waals surface area contributed by atoms with E-state index in [4.69, 9.17) is 13.9 Å². The molecule has 0 unspecified atom stereocenters. The lowest BCUT2D eigenvalue weighted by Gasteiger charge is -2.26. The van der Waals surface area contributed by atoms with E-state index in [0.29, 0.717) is 60.6 Å². The van der Waals surface area contributed by atoms with Crippen molar-refractivity contribution in [2.45, 2.75) is 58.8 Å². The minimum atomic E-state index is -0.734. The van der Waals surface area contributed by atoms with Crippen LogP contribution in [0.4, 0.5) is 0 Å². The number of hydrogen-bond donors (Lipinski definition) is 3. The molecule has 1 fully saturated rings. The topological polar surface area (TPSA) is 139 Å². The standard InChI is InChI=1S/C27H32N2O7/c1-15-14-35-22-12-23-20(10-19(15)22)16(2)21(27(34)36-23)11-25(31)28-9-3-4-24(30)29-13-17-5-7-18(8-6-17)26(32)33/h10,12,14,17-18H,3-9,11,13H2,1-2H3,(H,28,31)(H,29,30)(H,32,33). The summed E-state index contributed by atoms with van der Waals surface area (Å²) in [5.74, 6) is -1.07. The molecule has 0 aliphatic heterocycles. The highest BCUT2D eigenvalue weighted by Gasteiger charge is 2.26. The van der Waals surface area contributed by atoms with Gasteiger partial charge in [0.1, 0.15) is 11.2 Å². The summed E-state index contributed by atoms with van der Waals surface area (Å²) in [5.41, 5.74) is 2.51. The van der Waals surface area contributed by atoms with Gasteiger partial charge in [0.25, 0.3) is 0 Å². The second-order valence-corrected chi connectivity index (χ2v) is 9.75. The number of aliphatic carboxylic acids is 1. The zero-order valence-electron chi connectivity index (χ0n) is 20.6. The summed E-state index contributed by atoms with van der Waals surface area (Å²) in [4.78, 5) is 48.2. The van der Waals surface area contributed by atoms with Crippen LogP contribution < -0.4 is 16.3 Å². The van der Waals surface area contributed by atoms with Gasteiger partial charge in [-0.1, -0.05) is 0 Å². The van der Waals surface area contributed by atoms with Gasteiger partial charge in [-0.25, -0.2) is 4.79 Å². The van der Waals surface area contributed by atoms with Gasteiger partial charge in [-0.05, 0) is 69.1 Å². The van der Waals surface area contributed by atoms with Gasteiger partial charge in [0.05, 0.1) is 24.2 Å². The largest absolute Gasteiger partial charge is 0.481 e. The average Bonchev–Trinajstić information content (AvgIpc) is 3.21. The molecule has 9 heteroatoms. The molecule has 1 saturated carbocycles. The molecule has 1 aliphatic carbocycles. The van der Waals surface area contributed by atoms with Crippen LogP contribution in [0.25, 0.3) is 21.9 Å². The first-order valence-corrected chi connectivity index (χ1v) is 12.4. The second-order valence-electron chi connectivity index (χ2n) is 9.75. The van der Waals surface area contributed by atoms with Crippen molar-refractivity contribution in [2.75, 3.05) is 13.1 Å². The molecule has 0 spiro atoms. The number of carbonyl (C=O) groups excluding carboxylic acids is 2. The fourth-order valence-electron chi connectivity index (χ4n) is 4.90. The number of nitrogens with one attached hydrogen (secondary N) is 2. The van der Waals surface area contributed by atoms with Gasteiger partial charge in [0.15, 0.2) is 0 Å². The van der Waals surface area contributed by atoms with Crippen molar-refractivity contribution in [3.05, 3.63) is 45.5 Å². The van der Waals surface area contributed by atoms with Crippen molar-refractivity contribution < 1.29 is 28.3 Å². The maximum atomic E-state index is 12.5. The molecule has 1 aromatic carbocycles. The summed E-state index contributed by atoms with van der Waals surface area (Å²) in [6.45, 7) is 4.62. The maximum absolute atomic E-state index is 12.5. The lowest BCUT2D eigenvalue weighted by molar-refractivity contribution is -0.143. The minimum Gasteiger partial charge on any atom is -0.481 e. The smallest absolute Gasteiger partial charge is 0.340 e. The monoisotopic (exact) mass is 496 g/mol. The van der Waals surface area contributed by atoms with Crippen LogP contribution in [-0.4, -0.2) is 36.0 Å². The van der Waals surface area contributed by atoms with Crippen molar-refractivity contribution in [2.24, 2.45) is 11.8 Å². The van der Waals surface area contributed by atoms with E-state index in [1.807, 2.05) is 19.9 Å². The number of rotatable bonds is 9. The van der Waals surface area contributed by atoms with Gasteiger partial charge in [-0.15, -0.1) is 0 Å². The lowest BCUT2D eigenvalue weighted by atomic mass is 9.82. The highest BCUT2D eigenvalue weighted by molar-refractivity contribution is 5.96. The molecule has 2 aromatic heterocycles. The molecule has 2 heterocycles. The number of carboxylic acid groups (broad SMARTS) is 1. The molecular weight excluding hydrogens is 464 g/mol. The number of furan rings is 1. The van der Waals surface area contributed by atoms with E-state index in [1.54, 1.807) is 12.3 Å². The average molecular weight is 497 g/mol. The molecule has 2 amide bonds. The van der Waals surface area contributed by atoms with E-state index in [9.17, 15) is 19.2 Å².